The molecule has 1 aliphatic heterocycles. The highest BCUT2D eigenvalue weighted by Crippen LogP contribution is 2.29. The van der Waals surface area contributed by atoms with Gasteiger partial charge in [-0.1, -0.05) is 12.1 Å². The summed E-state index contributed by atoms with van der Waals surface area (Å²) in [7, 11) is 0. The van der Waals surface area contributed by atoms with Crippen LogP contribution in [0.25, 0.3) is 5.69 Å². The van der Waals surface area contributed by atoms with Gasteiger partial charge in [0.15, 0.2) is 0 Å². The third-order valence-electron chi connectivity index (χ3n) is 2.54. The molecule has 2 nitrogen and oxygen atoms in total. The van der Waals surface area contributed by atoms with E-state index in [1.54, 1.807) is 0 Å². The van der Waals surface area contributed by atoms with E-state index in [1.165, 1.54) is 16.4 Å². The summed E-state index contributed by atoms with van der Waals surface area (Å²) in [4.78, 5) is 0. The van der Waals surface area contributed by atoms with Gasteiger partial charge in [-0.25, -0.2) is 0 Å². The van der Waals surface area contributed by atoms with Gasteiger partial charge in [-0.05, 0) is 24.3 Å². The van der Waals surface area contributed by atoms with E-state index in [0.717, 1.165) is 12.3 Å². The maximum Gasteiger partial charge on any atom is 0.0795 e. The molecule has 15 heavy (non-hydrogen) atoms. The largest absolute Gasteiger partial charge is 0.383 e. The number of aromatic nitrogens is 1. The number of nitrogens with zero attached hydrogens (tertiary/aromatic N) is 1. The monoisotopic (exact) mass is 216 g/mol. The number of nitrogens with one attached hydrogen (secondary N) is 1. The van der Waals surface area contributed by atoms with E-state index < -0.39 is 0 Å². The summed E-state index contributed by atoms with van der Waals surface area (Å²) < 4.78 is 2.24. The van der Waals surface area contributed by atoms with Gasteiger partial charge in [0.05, 0.1) is 16.4 Å². The molecule has 2 heterocycles. The summed E-state index contributed by atoms with van der Waals surface area (Å²) in [5.74, 6) is 1.11. The van der Waals surface area contributed by atoms with E-state index in [2.05, 4.69) is 52.5 Å². The maximum atomic E-state index is 3.45. The van der Waals surface area contributed by atoms with Gasteiger partial charge in [0, 0.05) is 18.5 Å². The molecule has 0 radical (unpaired) electrons. The summed E-state index contributed by atoms with van der Waals surface area (Å²) in [5.41, 5.74) is 2.46. The zero-order valence-electron chi connectivity index (χ0n) is 8.31. The summed E-state index contributed by atoms with van der Waals surface area (Å²) >= 11 is 1.89. The lowest BCUT2D eigenvalue weighted by atomic mass is 10.2. The van der Waals surface area contributed by atoms with E-state index in [9.17, 15) is 0 Å². The molecular weight excluding hydrogens is 204 g/mol. The van der Waals surface area contributed by atoms with Crippen molar-refractivity contribution in [3.05, 3.63) is 42.6 Å². The standard InChI is InChI=1S/C12H12N2S/c1-2-5-11-10(4-1)13-7-9-15-12-6-3-8-14(11)12/h1-6,8,13H,7,9H2. The van der Waals surface area contributed by atoms with Crippen LogP contribution < -0.4 is 5.32 Å². The molecule has 0 aliphatic carbocycles. The Kier molecular flexibility index (Phi) is 2.18. The second-order valence-corrected chi connectivity index (χ2v) is 4.62. The van der Waals surface area contributed by atoms with Gasteiger partial charge in [-0.3, -0.25) is 0 Å². The van der Waals surface area contributed by atoms with Gasteiger partial charge in [0.25, 0.3) is 0 Å². The van der Waals surface area contributed by atoms with Crippen LogP contribution in [-0.2, 0) is 0 Å². The molecule has 1 aliphatic rings. The van der Waals surface area contributed by atoms with Crippen molar-refractivity contribution in [2.45, 2.75) is 5.03 Å². The lowest BCUT2D eigenvalue weighted by molar-refractivity contribution is 0.946. The van der Waals surface area contributed by atoms with Crippen LogP contribution in [0.3, 0.4) is 0 Å². The lowest BCUT2D eigenvalue weighted by Gasteiger charge is -2.18. The third-order valence-corrected chi connectivity index (χ3v) is 3.58. The minimum absolute atomic E-state index is 1.02. The number of benzene rings is 1. The number of para-hydroxylation sites is 2. The van der Waals surface area contributed by atoms with E-state index in [0.29, 0.717) is 0 Å². The Morgan fingerprint density at radius 3 is 3.07 bits per heavy atom. The molecular formula is C12H12N2S. The number of fused-ring (bicyclic) bond motifs is 3. The van der Waals surface area contributed by atoms with E-state index in [1.807, 2.05) is 11.8 Å². The molecule has 0 atom stereocenters. The fourth-order valence-electron chi connectivity index (χ4n) is 1.86. The van der Waals surface area contributed by atoms with Crippen molar-refractivity contribution < 1.29 is 0 Å². The van der Waals surface area contributed by atoms with Crippen LogP contribution in [-0.4, -0.2) is 16.9 Å². The summed E-state index contributed by atoms with van der Waals surface area (Å²) in [6, 6.07) is 12.7. The highest BCUT2D eigenvalue weighted by atomic mass is 32.2. The Bertz CT molecular complexity index is 476. The zero-order valence-corrected chi connectivity index (χ0v) is 9.13. The fourth-order valence-corrected chi connectivity index (χ4v) is 2.74. The van der Waals surface area contributed by atoms with Gasteiger partial charge in [0.2, 0.25) is 0 Å². The van der Waals surface area contributed by atoms with Crippen LogP contribution in [0.2, 0.25) is 0 Å². The van der Waals surface area contributed by atoms with Crippen LogP contribution in [0.15, 0.2) is 47.6 Å². The Balaban J connectivity index is 2.21. The number of hydrogen-bond donors (Lipinski definition) is 1. The molecule has 3 rings (SSSR count). The molecule has 0 fully saturated rings. The van der Waals surface area contributed by atoms with Gasteiger partial charge >= 0.3 is 0 Å². The molecule has 76 valence electrons. The van der Waals surface area contributed by atoms with Crippen molar-refractivity contribution in [3.63, 3.8) is 0 Å². The van der Waals surface area contributed by atoms with Crippen molar-refractivity contribution in [2.24, 2.45) is 0 Å². The Hall–Kier alpha value is -1.35. The van der Waals surface area contributed by atoms with Crippen molar-refractivity contribution in [3.8, 4) is 5.69 Å². The van der Waals surface area contributed by atoms with Gasteiger partial charge in [0.1, 0.15) is 0 Å². The second-order valence-electron chi connectivity index (χ2n) is 3.51. The summed E-state index contributed by atoms with van der Waals surface area (Å²) in [6.07, 6.45) is 2.12. The van der Waals surface area contributed by atoms with E-state index in [4.69, 9.17) is 0 Å². The van der Waals surface area contributed by atoms with Gasteiger partial charge in [-0.2, -0.15) is 0 Å². The highest BCUT2D eigenvalue weighted by molar-refractivity contribution is 7.99. The van der Waals surface area contributed by atoms with Crippen molar-refractivity contribution in [1.29, 1.82) is 0 Å². The molecule has 3 heteroatoms. The van der Waals surface area contributed by atoms with Crippen LogP contribution in [0, 0.1) is 0 Å². The third kappa shape index (κ3) is 1.53. The first-order chi connectivity index (χ1) is 7.45. The minimum atomic E-state index is 1.02. The van der Waals surface area contributed by atoms with Crippen molar-refractivity contribution in [1.82, 2.24) is 4.57 Å². The SMILES string of the molecule is c1ccc2c(c1)NCCSc1cccn1-2. The fraction of sp³-hybridized carbons (Fsp3) is 0.167. The molecule has 1 N–H and O–H groups in total. The van der Waals surface area contributed by atoms with Crippen LogP contribution in [0.1, 0.15) is 0 Å². The summed E-state index contributed by atoms with van der Waals surface area (Å²) in [5, 5.41) is 4.78. The van der Waals surface area contributed by atoms with Gasteiger partial charge < -0.3 is 9.88 Å². The molecule has 0 spiro atoms. The van der Waals surface area contributed by atoms with Crippen molar-refractivity contribution in [2.75, 3.05) is 17.6 Å². The van der Waals surface area contributed by atoms with Gasteiger partial charge in [-0.15, -0.1) is 11.8 Å². The number of thioether (sulfide) groups is 1. The maximum absolute atomic E-state index is 3.45. The predicted octanol–water partition coefficient (Wildman–Crippen LogP) is 2.99. The lowest BCUT2D eigenvalue weighted by Crippen LogP contribution is -2.10. The first kappa shape index (κ1) is 8.92. The average molecular weight is 216 g/mol. The number of anilines is 1. The molecule has 2 aromatic rings. The highest BCUT2D eigenvalue weighted by Gasteiger charge is 2.10. The smallest absolute Gasteiger partial charge is 0.0795 e. The van der Waals surface area contributed by atoms with Crippen molar-refractivity contribution >= 4 is 17.4 Å². The van der Waals surface area contributed by atoms with E-state index >= 15 is 0 Å². The average Bonchev–Trinajstić information content (AvgIpc) is 2.69. The molecule has 0 bridgehead atoms. The number of rotatable bonds is 0. The first-order valence-corrected chi connectivity index (χ1v) is 6.07. The predicted molar refractivity (Wildman–Crippen MR) is 65.0 cm³/mol. The van der Waals surface area contributed by atoms with E-state index in [-0.39, 0.29) is 0 Å². The Morgan fingerprint density at radius 1 is 1.13 bits per heavy atom. The molecule has 0 unspecified atom stereocenters. The Labute approximate surface area is 93.3 Å². The second kappa shape index (κ2) is 3.66. The quantitative estimate of drug-likeness (QED) is 0.729. The molecule has 0 saturated heterocycles. The first-order valence-electron chi connectivity index (χ1n) is 5.08. The number of hydrogen-bond acceptors (Lipinski definition) is 2. The Morgan fingerprint density at radius 2 is 2.07 bits per heavy atom. The normalized spacial score (nSPS) is 14.4. The topological polar surface area (TPSA) is 17.0 Å². The van der Waals surface area contributed by atoms with Crippen LogP contribution in [0.4, 0.5) is 5.69 Å². The minimum Gasteiger partial charge on any atom is -0.383 e. The zero-order chi connectivity index (χ0) is 10.1. The molecule has 0 amide bonds. The summed E-state index contributed by atoms with van der Waals surface area (Å²) in [6.45, 7) is 1.02. The van der Waals surface area contributed by atoms with Crippen LogP contribution in [0.5, 0.6) is 0 Å². The molecule has 1 aromatic carbocycles. The molecule has 0 saturated carbocycles. The molecule has 1 aromatic heterocycles. The van der Waals surface area contributed by atoms with Crippen LogP contribution >= 0.6 is 11.8 Å².